The first-order chi connectivity index (χ1) is 11.5. The van der Waals surface area contributed by atoms with E-state index in [4.69, 9.17) is 4.74 Å². The number of anilines is 2. The van der Waals surface area contributed by atoms with E-state index < -0.39 is 0 Å². The molecule has 2 N–H and O–H groups in total. The number of methoxy groups -OCH3 is 1. The van der Waals surface area contributed by atoms with Crippen LogP contribution in [-0.2, 0) is 16.0 Å². The minimum atomic E-state index is -0.324. The molecule has 0 aliphatic rings. The second-order valence-corrected chi connectivity index (χ2v) is 5.24. The van der Waals surface area contributed by atoms with Crippen molar-refractivity contribution in [3.05, 3.63) is 53.8 Å². The van der Waals surface area contributed by atoms with Crippen molar-refractivity contribution in [3.63, 3.8) is 0 Å². The minimum absolute atomic E-state index is 0.133. The summed E-state index contributed by atoms with van der Waals surface area (Å²) in [5.41, 5.74) is 1.49. The Labute approximate surface area is 139 Å². The Kier molecular flexibility index (Phi) is 5.89. The molecule has 2 aromatic carbocycles. The summed E-state index contributed by atoms with van der Waals surface area (Å²) in [6.07, 6.45) is 0.431. The molecule has 6 heteroatoms. The van der Waals surface area contributed by atoms with Crippen molar-refractivity contribution in [1.29, 1.82) is 0 Å². The maximum atomic E-state index is 13.6. The van der Waals surface area contributed by atoms with E-state index in [1.54, 1.807) is 36.4 Å². The molecule has 0 aliphatic heterocycles. The number of nitrogens with one attached hydrogen (secondary N) is 2. The highest BCUT2D eigenvalue weighted by Crippen LogP contribution is 2.28. The fourth-order valence-electron chi connectivity index (χ4n) is 2.25. The molecule has 0 saturated heterocycles. The fourth-order valence-corrected chi connectivity index (χ4v) is 2.25. The zero-order valence-corrected chi connectivity index (χ0v) is 13.6. The van der Waals surface area contributed by atoms with Gasteiger partial charge >= 0.3 is 0 Å². The zero-order chi connectivity index (χ0) is 17.5. The van der Waals surface area contributed by atoms with Gasteiger partial charge in [0.2, 0.25) is 11.8 Å². The standard InChI is InChI=1S/C18H19FN2O3/c1-12(22)20-14-8-9-17(24-2)16(11-14)21-18(23)10-7-13-5-3-4-6-15(13)19/h3-6,8-9,11H,7,10H2,1-2H3,(H,20,22)(H,21,23). The predicted molar refractivity (Wildman–Crippen MR) is 90.6 cm³/mol. The molecule has 0 fully saturated rings. The van der Waals surface area contributed by atoms with E-state index in [0.29, 0.717) is 29.1 Å². The molecule has 5 nitrogen and oxygen atoms in total. The van der Waals surface area contributed by atoms with Gasteiger partial charge in [-0.15, -0.1) is 0 Å². The Morgan fingerprint density at radius 1 is 1.12 bits per heavy atom. The van der Waals surface area contributed by atoms with Crippen LogP contribution in [0, 0.1) is 5.82 Å². The van der Waals surface area contributed by atoms with Crippen molar-refractivity contribution in [1.82, 2.24) is 0 Å². The van der Waals surface area contributed by atoms with Crippen molar-refractivity contribution < 1.29 is 18.7 Å². The molecule has 2 rings (SSSR count). The molecular formula is C18H19FN2O3. The van der Waals surface area contributed by atoms with Gasteiger partial charge in [0.15, 0.2) is 0 Å². The van der Waals surface area contributed by atoms with Gasteiger partial charge < -0.3 is 15.4 Å². The van der Waals surface area contributed by atoms with Crippen molar-refractivity contribution in [2.75, 3.05) is 17.7 Å². The van der Waals surface area contributed by atoms with Crippen LogP contribution in [0.2, 0.25) is 0 Å². The molecule has 0 bridgehead atoms. The van der Waals surface area contributed by atoms with Gasteiger partial charge in [0.25, 0.3) is 0 Å². The maximum absolute atomic E-state index is 13.6. The number of carbonyl (C=O) groups excluding carboxylic acids is 2. The first kappa shape index (κ1) is 17.5. The summed E-state index contributed by atoms with van der Waals surface area (Å²) in [7, 11) is 1.49. The Balaban J connectivity index is 2.04. The van der Waals surface area contributed by atoms with E-state index in [0.717, 1.165) is 0 Å². The summed E-state index contributed by atoms with van der Waals surface area (Å²) in [6.45, 7) is 1.40. The predicted octanol–water partition coefficient (Wildman–Crippen LogP) is 3.36. The van der Waals surface area contributed by atoms with E-state index >= 15 is 0 Å². The quantitative estimate of drug-likeness (QED) is 0.853. The number of aryl methyl sites for hydroxylation is 1. The second-order valence-electron chi connectivity index (χ2n) is 5.24. The molecule has 0 aromatic heterocycles. The molecule has 0 saturated carbocycles. The maximum Gasteiger partial charge on any atom is 0.224 e. The van der Waals surface area contributed by atoms with Crippen LogP contribution in [0.15, 0.2) is 42.5 Å². The van der Waals surface area contributed by atoms with E-state index in [-0.39, 0.29) is 24.1 Å². The second kappa shape index (κ2) is 8.10. The number of hydrogen-bond acceptors (Lipinski definition) is 3. The average Bonchev–Trinajstić information content (AvgIpc) is 2.54. The Morgan fingerprint density at radius 2 is 1.88 bits per heavy atom. The minimum Gasteiger partial charge on any atom is -0.495 e. The van der Waals surface area contributed by atoms with Crippen LogP contribution in [0.1, 0.15) is 18.9 Å². The van der Waals surface area contributed by atoms with Gasteiger partial charge in [-0.3, -0.25) is 9.59 Å². The molecule has 0 unspecified atom stereocenters. The largest absolute Gasteiger partial charge is 0.495 e. The lowest BCUT2D eigenvalue weighted by Crippen LogP contribution is -2.14. The molecule has 2 amide bonds. The molecule has 126 valence electrons. The van der Waals surface area contributed by atoms with Crippen LogP contribution in [0.25, 0.3) is 0 Å². The van der Waals surface area contributed by atoms with E-state index in [1.165, 1.54) is 20.1 Å². The summed E-state index contributed by atoms with van der Waals surface area (Å²) in [4.78, 5) is 23.2. The number of rotatable bonds is 6. The van der Waals surface area contributed by atoms with Gasteiger partial charge in [-0.25, -0.2) is 4.39 Å². The van der Waals surface area contributed by atoms with Gasteiger partial charge in [-0.1, -0.05) is 18.2 Å². The summed E-state index contributed by atoms with van der Waals surface area (Å²) in [5, 5.41) is 5.37. The molecule has 0 spiro atoms. The van der Waals surface area contributed by atoms with Crippen molar-refractivity contribution in [3.8, 4) is 5.75 Å². The van der Waals surface area contributed by atoms with Gasteiger partial charge in [-0.05, 0) is 36.2 Å². The zero-order valence-electron chi connectivity index (χ0n) is 13.6. The van der Waals surface area contributed by atoms with Crippen LogP contribution < -0.4 is 15.4 Å². The number of hydrogen-bond donors (Lipinski definition) is 2. The summed E-state index contributed by atoms with van der Waals surface area (Å²) in [5.74, 6) is -0.326. The lowest BCUT2D eigenvalue weighted by Gasteiger charge is -2.12. The molecule has 0 atom stereocenters. The van der Waals surface area contributed by atoms with Crippen molar-refractivity contribution in [2.24, 2.45) is 0 Å². The summed E-state index contributed by atoms with van der Waals surface area (Å²) < 4.78 is 18.8. The highest BCUT2D eigenvalue weighted by atomic mass is 19.1. The monoisotopic (exact) mass is 330 g/mol. The third-order valence-electron chi connectivity index (χ3n) is 3.37. The normalized spacial score (nSPS) is 10.1. The van der Waals surface area contributed by atoms with E-state index in [9.17, 15) is 14.0 Å². The van der Waals surface area contributed by atoms with Crippen LogP contribution in [0.3, 0.4) is 0 Å². The highest BCUT2D eigenvalue weighted by molar-refractivity contribution is 5.95. The fraction of sp³-hybridized carbons (Fsp3) is 0.222. The summed E-state index contributed by atoms with van der Waals surface area (Å²) in [6, 6.07) is 11.3. The third-order valence-corrected chi connectivity index (χ3v) is 3.37. The van der Waals surface area contributed by atoms with Gasteiger partial charge in [-0.2, -0.15) is 0 Å². The molecule has 2 aromatic rings. The smallest absolute Gasteiger partial charge is 0.224 e. The van der Waals surface area contributed by atoms with Gasteiger partial charge in [0, 0.05) is 19.0 Å². The number of carbonyl (C=O) groups is 2. The number of benzene rings is 2. The number of amides is 2. The van der Waals surface area contributed by atoms with Crippen molar-refractivity contribution >= 4 is 23.2 Å². The Hall–Kier alpha value is -2.89. The van der Waals surface area contributed by atoms with Gasteiger partial charge in [0.1, 0.15) is 11.6 Å². The lowest BCUT2D eigenvalue weighted by molar-refractivity contribution is -0.116. The molecule has 0 heterocycles. The third kappa shape index (κ3) is 4.81. The Bertz CT molecular complexity index is 747. The van der Waals surface area contributed by atoms with Crippen molar-refractivity contribution in [2.45, 2.75) is 19.8 Å². The van der Waals surface area contributed by atoms with Crippen LogP contribution in [-0.4, -0.2) is 18.9 Å². The van der Waals surface area contributed by atoms with Crippen LogP contribution in [0.4, 0.5) is 15.8 Å². The average molecular weight is 330 g/mol. The van der Waals surface area contributed by atoms with E-state index in [1.807, 2.05) is 0 Å². The molecular weight excluding hydrogens is 311 g/mol. The number of halogens is 1. The molecule has 0 radical (unpaired) electrons. The summed E-state index contributed by atoms with van der Waals surface area (Å²) >= 11 is 0. The first-order valence-corrected chi connectivity index (χ1v) is 7.48. The Morgan fingerprint density at radius 3 is 2.54 bits per heavy atom. The number of ether oxygens (including phenoxy) is 1. The van der Waals surface area contributed by atoms with E-state index in [2.05, 4.69) is 10.6 Å². The topological polar surface area (TPSA) is 67.4 Å². The molecule has 24 heavy (non-hydrogen) atoms. The van der Waals surface area contributed by atoms with Crippen LogP contribution in [0.5, 0.6) is 5.75 Å². The van der Waals surface area contributed by atoms with Gasteiger partial charge in [0.05, 0.1) is 12.8 Å². The first-order valence-electron chi connectivity index (χ1n) is 7.48. The SMILES string of the molecule is COc1ccc(NC(C)=O)cc1NC(=O)CCc1ccccc1F. The lowest BCUT2D eigenvalue weighted by atomic mass is 10.1. The molecule has 0 aliphatic carbocycles. The van der Waals surface area contributed by atoms with Crippen LogP contribution >= 0.6 is 0 Å². The highest BCUT2D eigenvalue weighted by Gasteiger charge is 2.10.